The maximum atomic E-state index is 12.7. The number of amides is 2. The average molecular weight is 518 g/mol. The molecule has 3 aromatic carbocycles. The molecule has 2 amide bonds. The Balaban J connectivity index is 1.34. The van der Waals surface area contributed by atoms with Crippen molar-refractivity contribution in [3.05, 3.63) is 106 Å². The van der Waals surface area contributed by atoms with Gasteiger partial charge in [0.1, 0.15) is 18.1 Å². The topological polar surface area (TPSA) is 88.7 Å². The fraction of sp³-hybridized carbons (Fsp3) is 0.0741. The zero-order valence-corrected chi connectivity index (χ0v) is 20.9. The molecule has 0 atom stereocenters. The van der Waals surface area contributed by atoms with E-state index < -0.39 is 0 Å². The van der Waals surface area contributed by atoms with Gasteiger partial charge in [0.25, 0.3) is 11.8 Å². The molecule has 4 rings (SSSR count). The number of rotatable bonds is 8. The quantitative estimate of drug-likeness (QED) is 0.259. The molecular formula is C27H23N3O4S2. The van der Waals surface area contributed by atoms with Gasteiger partial charge in [-0.1, -0.05) is 42.5 Å². The fourth-order valence-corrected chi connectivity index (χ4v) is 4.10. The molecule has 9 heteroatoms. The van der Waals surface area contributed by atoms with E-state index in [0.717, 1.165) is 5.56 Å². The summed E-state index contributed by atoms with van der Waals surface area (Å²) in [4.78, 5) is 25.7. The lowest BCUT2D eigenvalue weighted by Gasteiger charge is -2.14. The van der Waals surface area contributed by atoms with Gasteiger partial charge in [-0.15, -0.1) is 11.3 Å². The number of ether oxygens (including phenoxy) is 2. The van der Waals surface area contributed by atoms with Crippen LogP contribution in [0.3, 0.4) is 0 Å². The van der Waals surface area contributed by atoms with Crippen molar-refractivity contribution < 1.29 is 19.1 Å². The van der Waals surface area contributed by atoms with Gasteiger partial charge in [0.2, 0.25) is 0 Å². The Hall–Kier alpha value is -4.21. The normalized spacial score (nSPS) is 10.2. The molecule has 0 aliphatic rings. The number of methoxy groups -OCH3 is 1. The van der Waals surface area contributed by atoms with Crippen LogP contribution in [0, 0.1) is 0 Å². The maximum absolute atomic E-state index is 12.7. The first-order valence-electron chi connectivity index (χ1n) is 10.9. The van der Waals surface area contributed by atoms with Gasteiger partial charge in [-0.25, -0.2) is 0 Å². The molecule has 4 aromatic rings. The Kier molecular flexibility index (Phi) is 8.28. The van der Waals surface area contributed by atoms with Crippen LogP contribution in [0.5, 0.6) is 11.5 Å². The highest BCUT2D eigenvalue weighted by Crippen LogP contribution is 2.29. The van der Waals surface area contributed by atoms with E-state index in [1.165, 1.54) is 18.4 Å². The van der Waals surface area contributed by atoms with Gasteiger partial charge in [0.15, 0.2) is 5.11 Å². The van der Waals surface area contributed by atoms with E-state index in [-0.39, 0.29) is 16.9 Å². The molecular weight excluding hydrogens is 494 g/mol. The van der Waals surface area contributed by atoms with Gasteiger partial charge in [0, 0.05) is 17.3 Å². The minimum atomic E-state index is -0.371. The minimum absolute atomic E-state index is 0.119. The number of thiocarbonyl (C=S) groups is 1. The Morgan fingerprint density at radius 2 is 1.72 bits per heavy atom. The van der Waals surface area contributed by atoms with Crippen molar-refractivity contribution in [2.45, 2.75) is 6.61 Å². The monoisotopic (exact) mass is 517 g/mol. The minimum Gasteiger partial charge on any atom is -0.494 e. The molecule has 0 aliphatic heterocycles. The molecule has 1 aromatic heterocycles. The molecule has 0 unspecified atom stereocenters. The molecule has 1 heterocycles. The van der Waals surface area contributed by atoms with Crippen molar-refractivity contribution in [1.82, 2.24) is 5.32 Å². The Morgan fingerprint density at radius 1 is 0.889 bits per heavy atom. The van der Waals surface area contributed by atoms with Crippen LogP contribution in [0.4, 0.5) is 11.4 Å². The van der Waals surface area contributed by atoms with E-state index in [9.17, 15) is 9.59 Å². The van der Waals surface area contributed by atoms with Gasteiger partial charge in [0.05, 0.1) is 17.7 Å². The molecule has 0 saturated carbocycles. The highest BCUT2D eigenvalue weighted by atomic mass is 32.1. The summed E-state index contributed by atoms with van der Waals surface area (Å²) in [5.74, 6) is 0.434. The molecule has 36 heavy (non-hydrogen) atoms. The van der Waals surface area contributed by atoms with Gasteiger partial charge >= 0.3 is 0 Å². The van der Waals surface area contributed by atoms with Crippen molar-refractivity contribution in [3.63, 3.8) is 0 Å². The van der Waals surface area contributed by atoms with Gasteiger partial charge < -0.3 is 20.1 Å². The lowest BCUT2D eigenvalue weighted by Crippen LogP contribution is -2.34. The van der Waals surface area contributed by atoms with Crippen LogP contribution in [0.25, 0.3) is 0 Å². The molecule has 182 valence electrons. The van der Waals surface area contributed by atoms with Crippen LogP contribution in [0.1, 0.15) is 25.6 Å². The first-order valence-corrected chi connectivity index (χ1v) is 12.2. The summed E-state index contributed by atoms with van der Waals surface area (Å²) in [6.45, 7) is 0.400. The fourth-order valence-electron chi connectivity index (χ4n) is 3.27. The van der Waals surface area contributed by atoms with Crippen molar-refractivity contribution in [2.24, 2.45) is 0 Å². The summed E-state index contributed by atoms with van der Waals surface area (Å²) in [5, 5.41) is 10.4. The largest absolute Gasteiger partial charge is 0.494 e. The van der Waals surface area contributed by atoms with Gasteiger partial charge in [-0.2, -0.15) is 0 Å². The highest BCUT2D eigenvalue weighted by molar-refractivity contribution is 7.80. The van der Waals surface area contributed by atoms with E-state index >= 15 is 0 Å². The summed E-state index contributed by atoms with van der Waals surface area (Å²) in [7, 11) is 1.51. The molecule has 0 saturated heterocycles. The third kappa shape index (κ3) is 6.68. The number of thiophene rings is 1. The number of hydrogen-bond acceptors (Lipinski definition) is 6. The second-order valence-corrected chi connectivity index (χ2v) is 8.91. The number of anilines is 2. The van der Waals surface area contributed by atoms with Crippen LogP contribution < -0.4 is 25.4 Å². The number of nitrogens with one attached hydrogen (secondary N) is 3. The van der Waals surface area contributed by atoms with E-state index in [1.54, 1.807) is 48.5 Å². The predicted molar refractivity (Wildman–Crippen MR) is 146 cm³/mol. The second-order valence-electron chi connectivity index (χ2n) is 7.56. The van der Waals surface area contributed by atoms with Crippen molar-refractivity contribution in [3.8, 4) is 11.5 Å². The van der Waals surface area contributed by atoms with Crippen LogP contribution in [0.15, 0.2) is 90.3 Å². The molecule has 0 bridgehead atoms. The summed E-state index contributed by atoms with van der Waals surface area (Å²) < 4.78 is 11.2. The third-order valence-electron chi connectivity index (χ3n) is 5.02. The molecule has 0 aliphatic carbocycles. The van der Waals surface area contributed by atoms with Crippen molar-refractivity contribution in [2.75, 3.05) is 17.7 Å². The first-order chi connectivity index (χ1) is 17.5. The van der Waals surface area contributed by atoms with Crippen LogP contribution in [-0.4, -0.2) is 24.0 Å². The van der Waals surface area contributed by atoms with Crippen LogP contribution >= 0.6 is 23.6 Å². The number of carbonyl (C=O) groups excluding carboxylic acids is 2. The number of benzene rings is 3. The highest BCUT2D eigenvalue weighted by Gasteiger charge is 2.13. The summed E-state index contributed by atoms with van der Waals surface area (Å²) in [6.07, 6.45) is 0. The standard InChI is InChI=1S/C27H23N3O4S2/c1-33-23-16-20(12-13-22(23)29-26(32)24-11-6-14-36-24)28-27(35)30-25(31)19-9-5-10-21(15-19)34-17-18-7-3-2-4-8-18/h2-16H,17H2,1H3,(H,29,32)(H2,28,30,31,35). The maximum Gasteiger partial charge on any atom is 0.265 e. The molecule has 3 N–H and O–H groups in total. The lowest BCUT2D eigenvalue weighted by molar-refractivity contribution is 0.0976. The summed E-state index contributed by atoms with van der Waals surface area (Å²) in [5.41, 5.74) is 2.55. The SMILES string of the molecule is COc1cc(NC(=S)NC(=O)c2cccc(OCc3ccccc3)c2)ccc1NC(=O)c1cccs1. The van der Waals surface area contributed by atoms with Crippen LogP contribution in [-0.2, 0) is 6.61 Å². The smallest absolute Gasteiger partial charge is 0.265 e. The average Bonchev–Trinajstić information content (AvgIpc) is 3.44. The Labute approximate surface area is 218 Å². The van der Waals surface area contributed by atoms with Gasteiger partial charge in [-0.3, -0.25) is 14.9 Å². The zero-order chi connectivity index (χ0) is 25.3. The van der Waals surface area contributed by atoms with E-state index in [4.69, 9.17) is 21.7 Å². The molecule has 0 spiro atoms. The molecule has 0 radical (unpaired) electrons. The van der Waals surface area contributed by atoms with Crippen molar-refractivity contribution in [1.29, 1.82) is 0 Å². The number of carbonyl (C=O) groups is 2. The van der Waals surface area contributed by atoms with E-state index in [1.807, 2.05) is 41.8 Å². The Morgan fingerprint density at radius 3 is 2.47 bits per heavy atom. The third-order valence-corrected chi connectivity index (χ3v) is 6.10. The van der Waals surface area contributed by atoms with Crippen molar-refractivity contribution >= 4 is 51.9 Å². The molecule has 7 nitrogen and oxygen atoms in total. The lowest BCUT2D eigenvalue weighted by atomic mass is 10.2. The van der Waals surface area contributed by atoms with E-state index in [2.05, 4.69) is 16.0 Å². The van der Waals surface area contributed by atoms with Gasteiger partial charge in [-0.05, 0) is 59.6 Å². The summed E-state index contributed by atoms with van der Waals surface area (Å²) in [6, 6.07) is 25.3. The molecule has 0 fully saturated rings. The number of hydrogen-bond donors (Lipinski definition) is 3. The Bertz CT molecular complexity index is 1360. The first kappa shape index (κ1) is 24.9. The summed E-state index contributed by atoms with van der Waals surface area (Å²) >= 11 is 6.66. The van der Waals surface area contributed by atoms with Crippen LogP contribution in [0.2, 0.25) is 0 Å². The predicted octanol–water partition coefficient (Wildman–Crippen LogP) is 5.71. The van der Waals surface area contributed by atoms with E-state index in [0.29, 0.717) is 39.9 Å². The second kappa shape index (κ2) is 12.0. The zero-order valence-electron chi connectivity index (χ0n) is 19.3.